The summed E-state index contributed by atoms with van der Waals surface area (Å²) in [5, 5.41) is 4.44. The van der Waals surface area contributed by atoms with Gasteiger partial charge in [0.05, 0.1) is 19.0 Å². The fourth-order valence-corrected chi connectivity index (χ4v) is 2.44. The van der Waals surface area contributed by atoms with E-state index in [1.54, 1.807) is 35.4 Å². The zero-order valence-corrected chi connectivity index (χ0v) is 12.8. The molecule has 0 fully saturated rings. The highest BCUT2D eigenvalue weighted by atomic mass is 16.5. The number of hydrogen-bond acceptors (Lipinski definition) is 5. The third-order valence-electron chi connectivity index (χ3n) is 3.69. The van der Waals surface area contributed by atoms with Crippen molar-refractivity contribution in [2.24, 2.45) is 0 Å². The number of nitrogens with zero attached hydrogens (tertiary/aromatic N) is 5. The Kier molecular flexibility index (Phi) is 3.31. The number of methoxy groups -OCH3 is 1. The monoisotopic (exact) mass is 319 g/mol. The van der Waals surface area contributed by atoms with Gasteiger partial charge < -0.3 is 9.30 Å². The molecule has 7 heteroatoms. The molecular weight excluding hydrogens is 306 g/mol. The minimum Gasteiger partial charge on any atom is -0.465 e. The maximum atomic E-state index is 11.6. The minimum atomic E-state index is -0.397. The second-order valence-electron chi connectivity index (χ2n) is 5.16. The standard InChI is InChI=1S/C17H13N5O2/c1-24-17(23)13-6-8-22-15(10-13)19-16(20-22)12-2-4-14(5-3-12)21-9-7-18-11-21/h2-11H,1H3. The average Bonchev–Trinajstić information content (AvgIpc) is 3.30. The Bertz CT molecular complexity index is 1000. The fraction of sp³-hybridized carbons (Fsp3) is 0.0588. The molecule has 0 N–H and O–H groups in total. The molecule has 0 aliphatic carbocycles. The smallest absolute Gasteiger partial charge is 0.338 e. The summed E-state index contributed by atoms with van der Waals surface area (Å²) >= 11 is 0. The number of fused-ring (bicyclic) bond motifs is 1. The topological polar surface area (TPSA) is 74.3 Å². The van der Waals surface area contributed by atoms with Gasteiger partial charge in [-0.25, -0.2) is 19.3 Å². The summed E-state index contributed by atoms with van der Waals surface area (Å²) in [6.45, 7) is 0. The zero-order chi connectivity index (χ0) is 16.5. The molecule has 0 bridgehead atoms. The Morgan fingerprint density at radius 1 is 1.12 bits per heavy atom. The molecule has 0 spiro atoms. The molecule has 0 atom stereocenters. The van der Waals surface area contributed by atoms with Gasteiger partial charge in [0, 0.05) is 29.8 Å². The van der Waals surface area contributed by atoms with Crippen LogP contribution in [0.5, 0.6) is 0 Å². The normalized spacial score (nSPS) is 10.9. The zero-order valence-electron chi connectivity index (χ0n) is 12.8. The summed E-state index contributed by atoms with van der Waals surface area (Å²) in [4.78, 5) is 20.1. The summed E-state index contributed by atoms with van der Waals surface area (Å²) < 4.78 is 8.27. The van der Waals surface area contributed by atoms with Crippen molar-refractivity contribution < 1.29 is 9.53 Å². The van der Waals surface area contributed by atoms with Gasteiger partial charge in [-0.05, 0) is 36.4 Å². The molecule has 0 saturated carbocycles. The van der Waals surface area contributed by atoms with Crippen LogP contribution >= 0.6 is 0 Å². The van der Waals surface area contributed by atoms with Crippen LogP contribution < -0.4 is 0 Å². The van der Waals surface area contributed by atoms with E-state index in [1.165, 1.54) is 7.11 Å². The van der Waals surface area contributed by atoms with Gasteiger partial charge in [0.2, 0.25) is 0 Å². The van der Waals surface area contributed by atoms with Crippen molar-refractivity contribution in [1.29, 1.82) is 0 Å². The second-order valence-corrected chi connectivity index (χ2v) is 5.16. The van der Waals surface area contributed by atoms with Crippen LogP contribution in [0.15, 0.2) is 61.3 Å². The average molecular weight is 319 g/mol. The van der Waals surface area contributed by atoms with Gasteiger partial charge in [-0.1, -0.05) is 0 Å². The van der Waals surface area contributed by atoms with Crippen LogP contribution in [0.3, 0.4) is 0 Å². The van der Waals surface area contributed by atoms with Crippen LogP contribution in [0.2, 0.25) is 0 Å². The third-order valence-corrected chi connectivity index (χ3v) is 3.69. The van der Waals surface area contributed by atoms with E-state index in [9.17, 15) is 4.79 Å². The molecule has 4 aromatic rings. The molecule has 0 aliphatic rings. The highest BCUT2D eigenvalue weighted by Crippen LogP contribution is 2.19. The van der Waals surface area contributed by atoms with E-state index >= 15 is 0 Å². The van der Waals surface area contributed by atoms with E-state index in [4.69, 9.17) is 4.74 Å². The molecule has 3 heterocycles. The highest BCUT2D eigenvalue weighted by molar-refractivity contribution is 5.90. The van der Waals surface area contributed by atoms with Crippen LogP contribution in [0.1, 0.15) is 10.4 Å². The summed E-state index contributed by atoms with van der Waals surface area (Å²) in [5.41, 5.74) is 2.93. The first kappa shape index (κ1) is 14.1. The van der Waals surface area contributed by atoms with E-state index in [1.807, 2.05) is 35.0 Å². The summed E-state index contributed by atoms with van der Waals surface area (Å²) in [5.74, 6) is 0.195. The van der Waals surface area contributed by atoms with Crippen molar-refractivity contribution in [3.05, 3.63) is 66.9 Å². The summed E-state index contributed by atoms with van der Waals surface area (Å²) in [6, 6.07) is 11.2. The molecule has 7 nitrogen and oxygen atoms in total. The quantitative estimate of drug-likeness (QED) is 0.542. The highest BCUT2D eigenvalue weighted by Gasteiger charge is 2.10. The van der Waals surface area contributed by atoms with Crippen molar-refractivity contribution in [3.63, 3.8) is 0 Å². The Morgan fingerprint density at radius 3 is 2.67 bits per heavy atom. The lowest BCUT2D eigenvalue weighted by Crippen LogP contribution is -2.02. The van der Waals surface area contributed by atoms with Gasteiger partial charge in [0.15, 0.2) is 11.5 Å². The first-order valence-corrected chi connectivity index (χ1v) is 7.28. The molecule has 0 unspecified atom stereocenters. The van der Waals surface area contributed by atoms with Crippen molar-refractivity contribution >= 4 is 11.6 Å². The lowest BCUT2D eigenvalue weighted by atomic mass is 10.2. The maximum Gasteiger partial charge on any atom is 0.338 e. The van der Waals surface area contributed by atoms with Gasteiger partial charge >= 0.3 is 5.97 Å². The molecule has 0 aliphatic heterocycles. The number of esters is 1. The third kappa shape index (κ3) is 2.41. The Hall–Kier alpha value is -3.48. The Balaban J connectivity index is 1.70. The van der Waals surface area contributed by atoms with E-state index in [0.717, 1.165) is 11.3 Å². The Labute approximate surface area is 137 Å². The SMILES string of the molecule is COC(=O)c1ccn2nc(-c3ccc(-n4ccnc4)cc3)nc2c1. The minimum absolute atomic E-state index is 0.397. The largest absolute Gasteiger partial charge is 0.465 e. The van der Waals surface area contributed by atoms with Crippen LogP contribution in [-0.2, 0) is 4.74 Å². The number of hydrogen-bond donors (Lipinski definition) is 0. The second kappa shape index (κ2) is 5.62. The first-order valence-electron chi connectivity index (χ1n) is 7.28. The van der Waals surface area contributed by atoms with Crippen molar-refractivity contribution in [2.75, 3.05) is 7.11 Å². The predicted octanol–water partition coefficient (Wildman–Crippen LogP) is 2.37. The van der Waals surface area contributed by atoms with Gasteiger partial charge in [-0.15, -0.1) is 5.10 Å². The number of carbonyl (C=O) groups excluding carboxylic acids is 1. The molecule has 118 valence electrons. The number of ether oxygens (including phenoxy) is 1. The number of rotatable bonds is 3. The molecule has 24 heavy (non-hydrogen) atoms. The summed E-state index contributed by atoms with van der Waals surface area (Å²) in [7, 11) is 1.35. The van der Waals surface area contributed by atoms with E-state index < -0.39 is 5.97 Å². The van der Waals surface area contributed by atoms with E-state index in [0.29, 0.717) is 17.0 Å². The van der Waals surface area contributed by atoms with Gasteiger partial charge in [0.1, 0.15) is 0 Å². The number of aromatic nitrogens is 5. The molecule has 1 aromatic carbocycles. The summed E-state index contributed by atoms with van der Waals surface area (Å²) in [6.07, 6.45) is 7.05. The number of imidazole rings is 1. The van der Waals surface area contributed by atoms with Crippen molar-refractivity contribution in [1.82, 2.24) is 24.1 Å². The van der Waals surface area contributed by atoms with Crippen molar-refractivity contribution in [2.45, 2.75) is 0 Å². The molecule has 3 aromatic heterocycles. The molecule has 0 saturated heterocycles. The lowest BCUT2D eigenvalue weighted by molar-refractivity contribution is 0.0600. The lowest BCUT2D eigenvalue weighted by Gasteiger charge is -2.02. The van der Waals surface area contributed by atoms with Crippen LogP contribution in [0.4, 0.5) is 0 Å². The molecule has 4 rings (SSSR count). The van der Waals surface area contributed by atoms with E-state index in [-0.39, 0.29) is 0 Å². The molecule has 0 amide bonds. The fourth-order valence-electron chi connectivity index (χ4n) is 2.44. The molecular formula is C17H13N5O2. The van der Waals surface area contributed by atoms with Crippen LogP contribution in [0.25, 0.3) is 22.7 Å². The number of pyridine rings is 1. The Morgan fingerprint density at radius 2 is 1.96 bits per heavy atom. The first-order chi connectivity index (χ1) is 11.7. The number of carbonyl (C=O) groups is 1. The van der Waals surface area contributed by atoms with Gasteiger partial charge in [-0.3, -0.25) is 0 Å². The van der Waals surface area contributed by atoms with Gasteiger partial charge in [0.25, 0.3) is 0 Å². The van der Waals surface area contributed by atoms with E-state index in [2.05, 4.69) is 15.1 Å². The van der Waals surface area contributed by atoms with Crippen molar-refractivity contribution in [3.8, 4) is 17.1 Å². The predicted molar refractivity (Wildman–Crippen MR) is 86.9 cm³/mol. The number of benzene rings is 1. The molecule has 0 radical (unpaired) electrons. The van der Waals surface area contributed by atoms with Crippen LogP contribution in [0, 0.1) is 0 Å². The van der Waals surface area contributed by atoms with Gasteiger partial charge in [-0.2, -0.15) is 0 Å². The maximum absolute atomic E-state index is 11.6. The van der Waals surface area contributed by atoms with Crippen LogP contribution in [-0.4, -0.2) is 37.2 Å².